The highest BCUT2D eigenvalue weighted by atomic mass is 19.1. The minimum absolute atomic E-state index is 0.175. The van der Waals surface area contributed by atoms with E-state index in [0.29, 0.717) is 22.6 Å². The Morgan fingerprint density at radius 2 is 2.00 bits per heavy atom. The first-order valence-electron chi connectivity index (χ1n) is 5.82. The van der Waals surface area contributed by atoms with Gasteiger partial charge in [0.1, 0.15) is 5.82 Å². The normalized spacial score (nSPS) is 10.7. The molecule has 2 N–H and O–H groups in total. The van der Waals surface area contributed by atoms with Gasteiger partial charge in [0.2, 0.25) is 5.82 Å². The first-order valence-corrected chi connectivity index (χ1v) is 5.82. The van der Waals surface area contributed by atoms with Gasteiger partial charge < -0.3 is 10.3 Å². The van der Waals surface area contributed by atoms with E-state index in [0.717, 1.165) is 0 Å². The molecular formula is C13H10FN5O. The van der Waals surface area contributed by atoms with Crippen LogP contribution in [0.2, 0.25) is 0 Å². The zero-order valence-corrected chi connectivity index (χ0v) is 10.5. The number of nitrogen functional groups attached to an aromatic ring is 1. The minimum Gasteiger partial charge on any atom is -0.382 e. The van der Waals surface area contributed by atoms with Crippen molar-refractivity contribution < 1.29 is 8.91 Å². The van der Waals surface area contributed by atoms with Gasteiger partial charge in [0.05, 0.1) is 0 Å². The van der Waals surface area contributed by atoms with Crippen LogP contribution in [-0.2, 0) is 0 Å². The maximum absolute atomic E-state index is 13.1. The molecule has 6 nitrogen and oxygen atoms in total. The fraction of sp³-hybridized carbons (Fsp3) is 0.0769. The van der Waals surface area contributed by atoms with Crippen LogP contribution in [0.5, 0.6) is 0 Å². The van der Waals surface area contributed by atoms with Gasteiger partial charge in [-0.1, -0.05) is 5.16 Å². The van der Waals surface area contributed by atoms with Gasteiger partial charge in [-0.15, -0.1) is 0 Å². The van der Waals surface area contributed by atoms with Crippen LogP contribution in [0.25, 0.3) is 23.0 Å². The molecule has 0 radical (unpaired) electrons. The van der Waals surface area contributed by atoms with Crippen LogP contribution in [0.15, 0.2) is 35.1 Å². The molecule has 0 saturated carbocycles. The zero-order chi connectivity index (χ0) is 14.1. The second kappa shape index (κ2) is 4.69. The molecule has 3 aromatic rings. The number of hydrogen-bond donors (Lipinski definition) is 1. The van der Waals surface area contributed by atoms with Gasteiger partial charge in [-0.25, -0.2) is 14.4 Å². The summed E-state index contributed by atoms with van der Waals surface area (Å²) in [4.78, 5) is 12.2. The van der Waals surface area contributed by atoms with Crippen molar-refractivity contribution in [2.75, 3.05) is 5.73 Å². The Kier molecular flexibility index (Phi) is 2.86. The average molecular weight is 271 g/mol. The highest BCUT2D eigenvalue weighted by molar-refractivity contribution is 5.65. The van der Waals surface area contributed by atoms with E-state index in [4.69, 9.17) is 10.3 Å². The first-order chi connectivity index (χ1) is 9.65. The molecule has 0 bridgehead atoms. The predicted molar refractivity (Wildman–Crippen MR) is 69.9 cm³/mol. The van der Waals surface area contributed by atoms with E-state index in [1.165, 1.54) is 24.5 Å². The molecule has 0 atom stereocenters. The number of aromatic nitrogens is 4. The molecule has 7 heteroatoms. The topological polar surface area (TPSA) is 90.7 Å². The summed E-state index contributed by atoms with van der Waals surface area (Å²) < 4.78 is 18.2. The van der Waals surface area contributed by atoms with Gasteiger partial charge >= 0.3 is 0 Å². The number of nitrogens with two attached hydrogens (primary N) is 1. The molecular weight excluding hydrogens is 261 g/mol. The number of nitrogens with zero attached hydrogens (tertiary/aromatic N) is 4. The molecule has 0 aliphatic rings. The number of rotatable bonds is 2. The van der Waals surface area contributed by atoms with Crippen molar-refractivity contribution in [2.24, 2.45) is 0 Å². The van der Waals surface area contributed by atoms with Crippen LogP contribution in [0.1, 0.15) is 5.56 Å². The Morgan fingerprint density at radius 3 is 2.75 bits per heavy atom. The number of anilines is 1. The SMILES string of the molecule is Cc1cc(F)ccc1-c1noc(-c2nccnc2N)n1. The summed E-state index contributed by atoms with van der Waals surface area (Å²) in [6.45, 7) is 1.77. The van der Waals surface area contributed by atoms with Crippen molar-refractivity contribution in [3.05, 3.63) is 42.0 Å². The summed E-state index contributed by atoms with van der Waals surface area (Å²) in [5.41, 5.74) is 7.42. The molecule has 0 saturated heterocycles. The van der Waals surface area contributed by atoms with Crippen LogP contribution in [0.3, 0.4) is 0 Å². The Morgan fingerprint density at radius 1 is 1.20 bits per heavy atom. The van der Waals surface area contributed by atoms with E-state index in [2.05, 4.69) is 20.1 Å². The standard InChI is InChI=1S/C13H10FN5O/c1-7-6-8(14)2-3-9(7)12-18-13(20-19-12)10-11(15)17-5-4-16-10/h2-6H,1H3,(H2,15,17). The second-order valence-electron chi connectivity index (χ2n) is 4.17. The Labute approximate surface area is 113 Å². The summed E-state index contributed by atoms with van der Waals surface area (Å²) >= 11 is 0. The minimum atomic E-state index is -0.312. The van der Waals surface area contributed by atoms with Crippen LogP contribution in [0, 0.1) is 12.7 Å². The van der Waals surface area contributed by atoms with Gasteiger partial charge in [0.15, 0.2) is 11.5 Å². The van der Waals surface area contributed by atoms with Crippen molar-refractivity contribution >= 4 is 5.82 Å². The maximum Gasteiger partial charge on any atom is 0.280 e. The lowest BCUT2D eigenvalue weighted by molar-refractivity contribution is 0.431. The smallest absolute Gasteiger partial charge is 0.280 e. The number of benzene rings is 1. The fourth-order valence-corrected chi connectivity index (χ4v) is 1.82. The largest absolute Gasteiger partial charge is 0.382 e. The molecule has 1 aromatic carbocycles. The molecule has 0 aliphatic heterocycles. The third-order valence-corrected chi connectivity index (χ3v) is 2.78. The van der Waals surface area contributed by atoms with E-state index in [9.17, 15) is 4.39 Å². The Hall–Kier alpha value is -2.83. The Balaban J connectivity index is 2.04. The lowest BCUT2D eigenvalue weighted by Crippen LogP contribution is -1.96. The second-order valence-corrected chi connectivity index (χ2v) is 4.17. The molecule has 0 fully saturated rings. The summed E-state index contributed by atoms with van der Waals surface area (Å²) in [7, 11) is 0. The lowest BCUT2D eigenvalue weighted by Gasteiger charge is -1.99. The monoisotopic (exact) mass is 271 g/mol. The molecule has 0 spiro atoms. The maximum atomic E-state index is 13.1. The molecule has 100 valence electrons. The molecule has 2 aromatic heterocycles. The molecule has 0 aliphatic carbocycles. The Bertz CT molecular complexity index is 771. The molecule has 2 heterocycles. The van der Waals surface area contributed by atoms with Crippen molar-refractivity contribution in [2.45, 2.75) is 6.92 Å². The zero-order valence-electron chi connectivity index (χ0n) is 10.5. The first kappa shape index (κ1) is 12.2. The van der Waals surface area contributed by atoms with Gasteiger partial charge in [-0.2, -0.15) is 4.98 Å². The number of halogens is 1. The van der Waals surface area contributed by atoms with Crippen molar-refractivity contribution in [1.29, 1.82) is 0 Å². The number of aryl methyl sites for hydroxylation is 1. The third-order valence-electron chi connectivity index (χ3n) is 2.78. The number of hydrogen-bond acceptors (Lipinski definition) is 6. The van der Waals surface area contributed by atoms with Gasteiger partial charge in [-0.05, 0) is 30.7 Å². The summed E-state index contributed by atoms with van der Waals surface area (Å²) in [5.74, 6) is 0.420. The van der Waals surface area contributed by atoms with E-state index < -0.39 is 0 Å². The van der Waals surface area contributed by atoms with E-state index in [1.807, 2.05) is 0 Å². The third kappa shape index (κ3) is 2.09. The highest BCUT2D eigenvalue weighted by Crippen LogP contribution is 2.25. The van der Waals surface area contributed by atoms with E-state index in [1.54, 1.807) is 13.0 Å². The highest BCUT2D eigenvalue weighted by Gasteiger charge is 2.16. The lowest BCUT2D eigenvalue weighted by atomic mass is 10.1. The van der Waals surface area contributed by atoms with Crippen LogP contribution in [-0.4, -0.2) is 20.1 Å². The van der Waals surface area contributed by atoms with Crippen LogP contribution in [0.4, 0.5) is 10.2 Å². The van der Waals surface area contributed by atoms with E-state index >= 15 is 0 Å². The van der Waals surface area contributed by atoms with Gasteiger partial charge in [0, 0.05) is 18.0 Å². The predicted octanol–water partition coefficient (Wildman–Crippen LogP) is 2.22. The van der Waals surface area contributed by atoms with Crippen LogP contribution < -0.4 is 5.73 Å². The summed E-state index contributed by atoms with van der Waals surface area (Å²) in [5, 5.41) is 3.86. The van der Waals surface area contributed by atoms with Crippen molar-refractivity contribution in [3.63, 3.8) is 0 Å². The van der Waals surface area contributed by atoms with Gasteiger partial charge in [0.25, 0.3) is 5.89 Å². The summed E-state index contributed by atoms with van der Waals surface area (Å²) in [6, 6.07) is 4.34. The molecule has 3 rings (SSSR count). The van der Waals surface area contributed by atoms with E-state index in [-0.39, 0.29) is 17.5 Å². The molecule has 20 heavy (non-hydrogen) atoms. The van der Waals surface area contributed by atoms with Crippen LogP contribution >= 0.6 is 0 Å². The quantitative estimate of drug-likeness (QED) is 0.768. The summed E-state index contributed by atoms with van der Waals surface area (Å²) in [6.07, 6.45) is 2.96. The molecule has 0 amide bonds. The van der Waals surface area contributed by atoms with Crippen molar-refractivity contribution in [3.8, 4) is 23.0 Å². The molecule has 0 unspecified atom stereocenters. The fourth-order valence-electron chi connectivity index (χ4n) is 1.82. The average Bonchev–Trinajstić information content (AvgIpc) is 2.88. The van der Waals surface area contributed by atoms with Gasteiger partial charge in [-0.3, -0.25) is 0 Å². The van der Waals surface area contributed by atoms with Crippen molar-refractivity contribution in [1.82, 2.24) is 20.1 Å².